The monoisotopic (exact) mass is 230 g/mol. The molecule has 16 heavy (non-hydrogen) atoms. The number of carboxylic acids is 2. The van der Waals surface area contributed by atoms with Gasteiger partial charge < -0.3 is 14.9 Å². The minimum absolute atomic E-state index is 0.0753. The number of carbonyl (C=O) groups excluding carboxylic acids is 1. The van der Waals surface area contributed by atoms with Gasteiger partial charge in [-0.2, -0.15) is 0 Å². The van der Waals surface area contributed by atoms with Gasteiger partial charge >= 0.3 is 17.9 Å². The standard InChI is InChI=1S/C10H14O6/c1-6(2)10(15)16-5-7(9(13)14)3-4-8(11)12/h7H,1,3-5H2,2H3,(H,11,12)(H,13,14). The van der Waals surface area contributed by atoms with Crippen molar-refractivity contribution >= 4 is 17.9 Å². The van der Waals surface area contributed by atoms with Gasteiger partial charge in [-0.15, -0.1) is 0 Å². The predicted molar refractivity (Wildman–Crippen MR) is 53.8 cm³/mol. The number of ether oxygens (including phenoxy) is 1. The van der Waals surface area contributed by atoms with Crippen LogP contribution in [0.2, 0.25) is 0 Å². The summed E-state index contributed by atoms with van der Waals surface area (Å²) in [5.74, 6) is -3.95. The summed E-state index contributed by atoms with van der Waals surface area (Å²) < 4.78 is 4.65. The zero-order valence-corrected chi connectivity index (χ0v) is 8.93. The summed E-state index contributed by atoms with van der Waals surface area (Å²) in [6.07, 6.45) is -0.351. The third-order valence-corrected chi connectivity index (χ3v) is 1.82. The van der Waals surface area contributed by atoms with Crippen LogP contribution in [0.3, 0.4) is 0 Å². The van der Waals surface area contributed by atoms with E-state index in [0.29, 0.717) is 0 Å². The molecule has 0 fully saturated rings. The maximum absolute atomic E-state index is 11.0. The highest BCUT2D eigenvalue weighted by molar-refractivity contribution is 5.87. The second-order valence-electron chi connectivity index (χ2n) is 3.35. The summed E-state index contributed by atoms with van der Waals surface area (Å²) in [6, 6.07) is 0. The number of esters is 1. The first-order valence-corrected chi connectivity index (χ1v) is 4.61. The summed E-state index contributed by atoms with van der Waals surface area (Å²) in [5, 5.41) is 17.1. The molecule has 90 valence electrons. The van der Waals surface area contributed by atoms with Crippen molar-refractivity contribution < 1.29 is 29.3 Å². The van der Waals surface area contributed by atoms with Gasteiger partial charge in [0.2, 0.25) is 0 Å². The van der Waals surface area contributed by atoms with Crippen LogP contribution in [-0.2, 0) is 19.1 Å². The normalized spacial score (nSPS) is 11.6. The molecule has 0 bridgehead atoms. The molecule has 0 saturated carbocycles. The van der Waals surface area contributed by atoms with Crippen LogP contribution in [0.1, 0.15) is 19.8 Å². The lowest BCUT2D eigenvalue weighted by molar-refractivity contribution is -0.149. The van der Waals surface area contributed by atoms with E-state index in [4.69, 9.17) is 10.2 Å². The van der Waals surface area contributed by atoms with Crippen molar-refractivity contribution in [1.29, 1.82) is 0 Å². The summed E-state index contributed by atoms with van der Waals surface area (Å²) in [6.45, 7) is 4.44. The SMILES string of the molecule is C=C(C)C(=O)OCC(CCC(=O)O)C(=O)O. The molecule has 2 N–H and O–H groups in total. The molecule has 0 saturated heterocycles. The number of hydrogen-bond donors (Lipinski definition) is 2. The van der Waals surface area contributed by atoms with Crippen LogP contribution in [0, 0.1) is 5.92 Å². The van der Waals surface area contributed by atoms with Crippen LogP contribution in [0.15, 0.2) is 12.2 Å². The summed E-state index contributed by atoms with van der Waals surface area (Å²) in [5.41, 5.74) is 0.169. The molecule has 0 aliphatic rings. The number of hydrogen-bond acceptors (Lipinski definition) is 4. The first-order chi connectivity index (χ1) is 7.34. The van der Waals surface area contributed by atoms with E-state index in [1.54, 1.807) is 0 Å². The van der Waals surface area contributed by atoms with E-state index >= 15 is 0 Å². The lowest BCUT2D eigenvalue weighted by Crippen LogP contribution is -2.23. The minimum Gasteiger partial charge on any atom is -0.481 e. The molecular formula is C10H14O6. The fourth-order valence-electron chi connectivity index (χ4n) is 0.875. The molecule has 0 aromatic heterocycles. The van der Waals surface area contributed by atoms with Gasteiger partial charge in [0.1, 0.15) is 6.61 Å². The topological polar surface area (TPSA) is 101 Å². The van der Waals surface area contributed by atoms with Gasteiger partial charge in [0.05, 0.1) is 5.92 Å². The molecule has 0 aromatic carbocycles. The van der Waals surface area contributed by atoms with Crippen LogP contribution in [0.4, 0.5) is 0 Å². The molecule has 0 rings (SSSR count). The Balaban J connectivity index is 4.14. The van der Waals surface area contributed by atoms with Gasteiger partial charge in [0.15, 0.2) is 0 Å². The number of aliphatic carboxylic acids is 2. The third-order valence-electron chi connectivity index (χ3n) is 1.82. The van der Waals surface area contributed by atoms with Gasteiger partial charge in [-0.1, -0.05) is 6.58 Å². The second-order valence-corrected chi connectivity index (χ2v) is 3.35. The van der Waals surface area contributed by atoms with Crippen LogP contribution in [0.5, 0.6) is 0 Å². The van der Waals surface area contributed by atoms with Crippen molar-refractivity contribution in [1.82, 2.24) is 0 Å². The summed E-state index contributed by atoms with van der Waals surface area (Å²) in [7, 11) is 0. The van der Waals surface area contributed by atoms with E-state index in [1.807, 2.05) is 0 Å². The first-order valence-electron chi connectivity index (χ1n) is 4.61. The molecule has 0 heterocycles. The fourth-order valence-corrected chi connectivity index (χ4v) is 0.875. The third kappa shape index (κ3) is 5.79. The van der Waals surface area contributed by atoms with Crippen LogP contribution in [-0.4, -0.2) is 34.7 Å². The highest BCUT2D eigenvalue weighted by Crippen LogP contribution is 2.08. The maximum Gasteiger partial charge on any atom is 0.333 e. The van der Waals surface area contributed by atoms with E-state index in [9.17, 15) is 14.4 Å². The molecule has 0 amide bonds. The lowest BCUT2D eigenvalue weighted by atomic mass is 10.1. The highest BCUT2D eigenvalue weighted by atomic mass is 16.5. The molecule has 6 heteroatoms. The molecule has 0 spiro atoms. The largest absolute Gasteiger partial charge is 0.481 e. The van der Waals surface area contributed by atoms with Crippen molar-refractivity contribution in [3.63, 3.8) is 0 Å². The Labute approximate surface area is 92.5 Å². The molecule has 1 unspecified atom stereocenters. The van der Waals surface area contributed by atoms with Crippen LogP contribution < -0.4 is 0 Å². The second kappa shape index (κ2) is 6.60. The number of carboxylic acid groups (broad SMARTS) is 2. The van der Waals surface area contributed by atoms with E-state index in [-0.39, 0.29) is 25.0 Å². The smallest absolute Gasteiger partial charge is 0.333 e. The van der Waals surface area contributed by atoms with Gasteiger partial charge in [-0.25, -0.2) is 4.79 Å². The van der Waals surface area contributed by atoms with Gasteiger partial charge in [0, 0.05) is 12.0 Å². The Bertz CT molecular complexity index is 306. The van der Waals surface area contributed by atoms with Crippen LogP contribution >= 0.6 is 0 Å². The Hall–Kier alpha value is -1.85. The summed E-state index contributed by atoms with van der Waals surface area (Å²) >= 11 is 0. The Kier molecular flexibility index (Phi) is 5.84. The molecule has 0 radical (unpaired) electrons. The quantitative estimate of drug-likeness (QED) is 0.492. The molecule has 6 nitrogen and oxygen atoms in total. The van der Waals surface area contributed by atoms with E-state index < -0.39 is 23.8 Å². The molecule has 0 aromatic rings. The Morgan fingerprint density at radius 2 is 1.88 bits per heavy atom. The van der Waals surface area contributed by atoms with Gasteiger partial charge in [-0.05, 0) is 13.3 Å². The average Bonchev–Trinajstić information content (AvgIpc) is 2.15. The highest BCUT2D eigenvalue weighted by Gasteiger charge is 2.20. The lowest BCUT2D eigenvalue weighted by Gasteiger charge is -2.11. The van der Waals surface area contributed by atoms with E-state index in [2.05, 4.69) is 11.3 Å². The average molecular weight is 230 g/mol. The molecule has 0 aliphatic carbocycles. The zero-order valence-electron chi connectivity index (χ0n) is 8.93. The zero-order chi connectivity index (χ0) is 12.7. The van der Waals surface area contributed by atoms with Crippen molar-refractivity contribution in [2.24, 2.45) is 5.92 Å². The minimum atomic E-state index is -1.18. The van der Waals surface area contributed by atoms with Crippen LogP contribution in [0.25, 0.3) is 0 Å². The number of rotatable bonds is 7. The molecule has 0 aliphatic heterocycles. The van der Waals surface area contributed by atoms with Crippen molar-refractivity contribution in [2.75, 3.05) is 6.61 Å². The number of carbonyl (C=O) groups is 3. The van der Waals surface area contributed by atoms with Crippen molar-refractivity contribution in [3.05, 3.63) is 12.2 Å². The predicted octanol–water partition coefficient (Wildman–Crippen LogP) is 0.671. The van der Waals surface area contributed by atoms with Gasteiger partial charge in [0.25, 0.3) is 0 Å². The Morgan fingerprint density at radius 1 is 1.31 bits per heavy atom. The van der Waals surface area contributed by atoms with Crippen molar-refractivity contribution in [2.45, 2.75) is 19.8 Å². The molecular weight excluding hydrogens is 216 g/mol. The Morgan fingerprint density at radius 3 is 2.25 bits per heavy atom. The maximum atomic E-state index is 11.0. The van der Waals surface area contributed by atoms with E-state index in [0.717, 1.165) is 0 Å². The molecule has 1 atom stereocenters. The van der Waals surface area contributed by atoms with Crippen molar-refractivity contribution in [3.8, 4) is 0 Å². The van der Waals surface area contributed by atoms with E-state index in [1.165, 1.54) is 6.92 Å². The first kappa shape index (κ1) is 14.2. The summed E-state index contributed by atoms with van der Waals surface area (Å²) in [4.78, 5) is 31.9. The fraction of sp³-hybridized carbons (Fsp3) is 0.500. The van der Waals surface area contributed by atoms with Gasteiger partial charge in [-0.3, -0.25) is 9.59 Å².